The summed E-state index contributed by atoms with van der Waals surface area (Å²) in [5.41, 5.74) is 6.35. The van der Waals surface area contributed by atoms with Gasteiger partial charge in [0.05, 0.1) is 6.33 Å². The van der Waals surface area contributed by atoms with E-state index in [1.165, 1.54) is 17.2 Å². The largest absolute Gasteiger partial charge is 0.694 e. The summed E-state index contributed by atoms with van der Waals surface area (Å²) in [6.45, 7) is -0.343. The van der Waals surface area contributed by atoms with Crippen LogP contribution in [0.25, 0.3) is 11.2 Å². The first-order valence-corrected chi connectivity index (χ1v) is 7.35. The van der Waals surface area contributed by atoms with Crippen molar-refractivity contribution in [3.8, 4) is 0 Å². The molecular formula is C10H13N5O6P+. The Hall–Kier alpha value is -1.75. The van der Waals surface area contributed by atoms with E-state index in [9.17, 15) is 14.8 Å². The maximum absolute atomic E-state index is 10.5. The topological polar surface area (TPSA) is 166 Å². The lowest BCUT2D eigenvalue weighted by Gasteiger charge is -2.16. The molecule has 12 heteroatoms. The Morgan fingerprint density at radius 3 is 2.86 bits per heavy atom. The molecule has 0 radical (unpaired) electrons. The van der Waals surface area contributed by atoms with Crippen LogP contribution >= 0.6 is 8.25 Å². The minimum absolute atomic E-state index is 0.175. The van der Waals surface area contributed by atoms with Gasteiger partial charge in [-0.3, -0.25) is 4.57 Å². The van der Waals surface area contributed by atoms with Gasteiger partial charge in [-0.2, -0.15) is 0 Å². The lowest BCUT2D eigenvalue weighted by atomic mass is 10.1. The molecule has 1 fully saturated rings. The van der Waals surface area contributed by atoms with Crippen LogP contribution in [0.2, 0.25) is 0 Å². The average Bonchev–Trinajstić information content (AvgIpc) is 3.01. The molecule has 5 atom stereocenters. The summed E-state index contributed by atoms with van der Waals surface area (Å²) >= 11 is 0. The molecule has 1 aliphatic heterocycles. The molecule has 0 aromatic carbocycles. The number of hydrogen-bond donors (Lipinski definition) is 4. The standard InChI is InChI=1S/C10H12N5O6P/c11-8-5-9(13-2-12-8)15(3-14-5)10-7(17)6(16)4(21-10)1-20-22(18)19/h2-4,6-7,10,16-17H,1H2,(H2-,11,12,13,18,19)/p+1/t4-,6-,7-,10-/m1/s1. The highest BCUT2D eigenvalue weighted by atomic mass is 31.1. The fourth-order valence-electron chi connectivity index (χ4n) is 2.29. The number of anilines is 1. The Morgan fingerprint density at radius 2 is 2.14 bits per heavy atom. The van der Waals surface area contributed by atoms with Gasteiger partial charge in [0.25, 0.3) is 0 Å². The van der Waals surface area contributed by atoms with Crippen LogP contribution in [0.15, 0.2) is 12.7 Å². The van der Waals surface area contributed by atoms with Crippen LogP contribution in [0.3, 0.4) is 0 Å². The molecule has 0 saturated carbocycles. The summed E-state index contributed by atoms with van der Waals surface area (Å²) in [6.07, 6.45) is -1.95. The summed E-state index contributed by atoms with van der Waals surface area (Å²) in [7, 11) is -2.82. The maximum Gasteiger partial charge on any atom is 0.694 e. The van der Waals surface area contributed by atoms with E-state index in [0.717, 1.165) is 0 Å². The van der Waals surface area contributed by atoms with Crippen molar-refractivity contribution >= 4 is 25.2 Å². The number of rotatable bonds is 4. The number of nitrogens with zero attached hydrogens (tertiary/aromatic N) is 4. The SMILES string of the molecule is Nc1ncnc2c1ncn2[C@@H]1O[C@H](CO[P+](=O)O)[C@@H](O)[C@H]1O. The molecule has 1 aliphatic rings. The van der Waals surface area contributed by atoms with Gasteiger partial charge in [0.2, 0.25) is 0 Å². The monoisotopic (exact) mass is 330 g/mol. The van der Waals surface area contributed by atoms with Crippen molar-refractivity contribution in [2.45, 2.75) is 24.5 Å². The van der Waals surface area contributed by atoms with Crippen molar-refractivity contribution in [1.82, 2.24) is 19.5 Å². The van der Waals surface area contributed by atoms with Gasteiger partial charge in [0.1, 0.15) is 36.8 Å². The number of hydrogen-bond acceptors (Lipinski definition) is 9. The van der Waals surface area contributed by atoms with Gasteiger partial charge < -0.3 is 20.7 Å². The molecule has 3 rings (SSSR count). The molecule has 2 aromatic rings. The summed E-state index contributed by atoms with van der Waals surface area (Å²) in [6, 6.07) is 0. The second kappa shape index (κ2) is 5.80. The van der Waals surface area contributed by atoms with Crippen LogP contribution in [0.4, 0.5) is 5.82 Å². The number of aromatic nitrogens is 4. The van der Waals surface area contributed by atoms with Crippen molar-refractivity contribution in [2.24, 2.45) is 0 Å². The van der Waals surface area contributed by atoms with Crippen molar-refractivity contribution in [1.29, 1.82) is 0 Å². The highest BCUT2D eigenvalue weighted by molar-refractivity contribution is 7.32. The first kappa shape index (κ1) is 15.2. The Bertz CT molecular complexity index is 710. The quantitative estimate of drug-likeness (QED) is 0.494. The summed E-state index contributed by atoms with van der Waals surface area (Å²) in [4.78, 5) is 20.5. The second-order valence-corrected chi connectivity index (χ2v) is 5.40. The van der Waals surface area contributed by atoms with E-state index >= 15 is 0 Å². The molecule has 5 N–H and O–H groups in total. The Kier molecular flexibility index (Phi) is 4.00. The molecule has 22 heavy (non-hydrogen) atoms. The van der Waals surface area contributed by atoms with E-state index in [1.54, 1.807) is 0 Å². The van der Waals surface area contributed by atoms with Crippen LogP contribution in [0, 0.1) is 0 Å². The smallest absolute Gasteiger partial charge is 0.387 e. The van der Waals surface area contributed by atoms with Crippen molar-refractivity contribution in [2.75, 3.05) is 12.3 Å². The zero-order chi connectivity index (χ0) is 15.9. The van der Waals surface area contributed by atoms with Crippen LogP contribution in [0.1, 0.15) is 6.23 Å². The Morgan fingerprint density at radius 1 is 1.36 bits per heavy atom. The molecule has 1 saturated heterocycles. The van der Waals surface area contributed by atoms with Gasteiger partial charge in [-0.25, -0.2) is 15.0 Å². The third-order valence-corrected chi connectivity index (χ3v) is 3.72. The fourth-order valence-corrected chi connectivity index (χ4v) is 2.56. The van der Waals surface area contributed by atoms with E-state index in [0.29, 0.717) is 11.2 Å². The number of aliphatic hydroxyl groups is 2. The molecule has 0 amide bonds. The zero-order valence-corrected chi connectivity index (χ0v) is 11.9. The molecule has 2 aromatic heterocycles. The van der Waals surface area contributed by atoms with Crippen LogP contribution in [0.5, 0.6) is 0 Å². The molecule has 3 heterocycles. The molecule has 11 nitrogen and oxygen atoms in total. The first-order chi connectivity index (χ1) is 10.5. The molecule has 0 bridgehead atoms. The third kappa shape index (κ3) is 2.54. The molecule has 0 spiro atoms. The number of imidazole rings is 1. The fraction of sp³-hybridized carbons (Fsp3) is 0.500. The van der Waals surface area contributed by atoms with Crippen LogP contribution < -0.4 is 5.73 Å². The van der Waals surface area contributed by atoms with E-state index < -0.39 is 32.8 Å². The van der Waals surface area contributed by atoms with E-state index in [4.69, 9.17) is 15.4 Å². The Labute approximate surface area is 124 Å². The van der Waals surface area contributed by atoms with Gasteiger partial charge in [0, 0.05) is 4.57 Å². The second-order valence-electron chi connectivity index (χ2n) is 4.66. The third-order valence-electron chi connectivity index (χ3n) is 3.35. The van der Waals surface area contributed by atoms with Gasteiger partial charge >= 0.3 is 8.25 Å². The van der Waals surface area contributed by atoms with Gasteiger partial charge in [-0.05, 0) is 0 Å². The lowest BCUT2D eigenvalue weighted by Crippen LogP contribution is -2.33. The van der Waals surface area contributed by atoms with Crippen LogP contribution in [-0.2, 0) is 13.8 Å². The summed E-state index contributed by atoms with van der Waals surface area (Å²) in [5.74, 6) is 0.175. The summed E-state index contributed by atoms with van der Waals surface area (Å²) < 4.78 is 22.0. The number of fused-ring (bicyclic) bond motifs is 1. The Balaban J connectivity index is 1.87. The predicted octanol–water partition coefficient (Wildman–Crippen LogP) is -1.31. The van der Waals surface area contributed by atoms with Crippen LogP contribution in [-0.4, -0.2) is 59.5 Å². The van der Waals surface area contributed by atoms with Gasteiger partial charge in [-0.15, -0.1) is 9.42 Å². The van der Waals surface area contributed by atoms with E-state index in [2.05, 4.69) is 19.5 Å². The number of ether oxygens (including phenoxy) is 1. The highest BCUT2D eigenvalue weighted by Gasteiger charge is 2.45. The summed E-state index contributed by atoms with van der Waals surface area (Å²) in [5, 5.41) is 20.0. The number of nitrogens with two attached hydrogens (primary N) is 1. The predicted molar refractivity (Wildman–Crippen MR) is 71.4 cm³/mol. The number of aliphatic hydroxyl groups excluding tert-OH is 2. The molecular weight excluding hydrogens is 317 g/mol. The average molecular weight is 330 g/mol. The molecule has 118 valence electrons. The van der Waals surface area contributed by atoms with Crippen molar-refractivity contribution < 1.29 is 28.9 Å². The lowest BCUT2D eigenvalue weighted by molar-refractivity contribution is -0.0476. The first-order valence-electron chi connectivity index (χ1n) is 6.22. The van der Waals surface area contributed by atoms with Gasteiger partial charge in [-0.1, -0.05) is 0 Å². The molecule has 1 unspecified atom stereocenters. The maximum atomic E-state index is 10.5. The van der Waals surface area contributed by atoms with Gasteiger partial charge in [0.15, 0.2) is 17.7 Å². The van der Waals surface area contributed by atoms with E-state index in [1.807, 2.05) is 0 Å². The zero-order valence-electron chi connectivity index (χ0n) is 11.1. The number of nitrogen functional groups attached to an aromatic ring is 1. The van der Waals surface area contributed by atoms with E-state index in [-0.39, 0.29) is 12.4 Å². The highest BCUT2D eigenvalue weighted by Crippen LogP contribution is 2.33. The van der Waals surface area contributed by atoms with Crippen molar-refractivity contribution in [3.63, 3.8) is 0 Å². The normalized spacial score (nSPS) is 29.1. The minimum Gasteiger partial charge on any atom is -0.387 e. The minimum atomic E-state index is -2.82. The van der Waals surface area contributed by atoms with Crippen molar-refractivity contribution in [3.05, 3.63) is 12.7 Å². The molecule has 0 aliphatic carbocycles.